The lowest BCUT2D eigenvalue weighted by molar-refractivity contribution is -0.130. The van der Waals surface area contributed by atoms with Crippen molar-refractivity contribution in [3.8, 4) is 11.4 Å². The quantitative estimate of drug-likeness (QED) is 0.360. The lowest BCUT2D eigenvalue weighted by Gasteiger charge is -2.30. The van der Waals surface area contributed by atoms with E-state index in [1.165, 1.54) is 11.1 Å². The first-order valence-electron chi connectivity index (χ1n) is 12.8. The summed E-state index contributed by atoms with van der Waals surface area (Å²) in [5.41, 5.74) is 5.10. The number of amides is 2. The van der Waals surface area contributed by atoms with Gasteiger partial charge < -0.3 is 25.0 Å². The molecule has 1 aliphatic carbocycles. The van der Waals surface area contributed by atoms with Gasteiger partial charge in [0.1, 0.15) is 0 Å². The summed E-state index contributed by atoms with van der Waals surface area (Å²) in [5, 5.41) is 10.2. The molecule has 10 heteroatoms. The highest BCUT2D eigenvalue weighted by atomic mass is 35.5. The van der Waals surface area contributed by atoms with Gasteiger partial charge in [-0.1, -0.05) is 48.5 Å². The van der Waals surface area contributed by atoms with Crippen molar-refractivity contribution in [1.29, 1.82) is 0 Å². The number of carbonyl (C=O) groups excluding carboxylic acids is 2. The monoisotopic (exact) mass is 540 g/mol. The molecule has 1 aromatic heterocycles. The van der Waals surface area contributed by atoms with Gasteiger partial charge >= 0.3 is 0 Å². The number of nitrogens with zero attached hydrogens (tertiary/aromatic N) is 4. The number of aromatic nitrogens is 2. The fraction of sp³-hybridized carbons (Fsp3) is 0.429. The number of rotatable bonds is 11. The van der Waals surface area contributed by atoms with E-state index in [0.29, 0.717) is 24.8 Å². The number of aryl methyl sites for hydroxylation is 2. The second-order valence-corrected chi connectivity index (χ2v) is 9.53. The molecule has 204 valence electrons. The molecule has 1 aliphatic rings. The van der Waals surface area contributed by atoms with Gasteiger partial charge in [0.25, 0.3) is 0 Å². The average molecular weight is 541 g/mol. The van der Waals surface area contributed by atoms with Gasteiger partial charge in [-0.3, -0.25) is 9.59 Å². The Bertz CT molecular complexity index is 1220. The zero-order valence-electron chi connectivity index (χ0n) is 22.5. The minimum absolute atomic E-state index is 0. The number of carbonyl (C=O) groups is 2. The van der Waals surface area contributed by atoms with Crippen LogP contribution in [0, 0.1) is 13.8 Å². The fourth-order valence-corrected chi connectivity index (χ4v) is 4.72. The van der Waals surface area contributed by atoms with E-state index in [9.17, 15) is 9.59 Å². The van der Waals surface area contributed by atoms with Gasteiger partial charge in [0.2, 0.25) is 23.5 Å². The van der Waals surface area contributed by atoms with Crippen LogP contribution in [-0.2, 0) is 22.4 Å². The number of fused-ring (bicyclic) bond motifs is 1. The lowest BCUT2D eigenvalue weighted by atomic mass is 10.1. The Balaban J connectivity index is 0.00000400. The zero-order chi connectivity index (χ0) is 26.4. The zero-order valence-corrected chi connectivity index (χ0v) is 23.3. The van der Waals surface area contributed by atoms with E-state index in [1.54, 1.807) is 6.92 Å². The molecule has 0 saturated carbocycles. The second kappa shape index (κ2) is 13.4. The number of anilines is 1. The molecule has 2 aromatic carbocycles. The van der Waals surface area contributed by atoms with Crippen LogP contribution >= 0.6 is 12.4 Å². The first kappa shape index (κ1) is 29.1. The number of hydrogen-bond acceptors (Lipinski definition) is 7. The van der Waals surface area contributed by atoms with Crippen LogP contribution in [0.4, 0.5) is 5.69 Å². The Kier molecular flexibility index (Phi) is 10.3. The van der Waals surface area contributed by atoms with Crippen LogP contribution in [0.15, 0.2) is 47.0 Å². The van der Waals surface area contributed by atoms with E-state index < -0.39 is 0 Å². The number of benzene rings is 2. The van der Waals surface area contributed by atoms with E-state index in [2.05, 4.69) is 32.9 Å². The van der Waals surface area contributed by atoms with E-state index >= 15 is 0 Å². The third-order valence-electron chi connectivity index (χ3n) is 6.84. The molecular weight excluding hydrogens is 504 g/mol. The Morgan fingerprint density at radius 1 is 1.05 bits per heavy atom. The van der Waals surface area contributed by atoms with Crippen LogP contribution < -0.4 is 15.5 Å². The van der Waals surface area contributed by atoms with Gasteiger partial charge in [-0.15, -0.1) is 12.4 Å². The lowest BCUT2D eigenvalue weighted by Crippen LogP contribution is -2.47. The maximum Gasteiger partial charge on any atom is 0.242 e. The first-order chi connectivity index (χ1) is 17.9. The predicted molar refractivity (Wildman–Crippen MR) is 151 cm³/mol. The molecule has 0 bridgehead atoms. The molecule has 0 fully saturated rings. The molecule has 0 spiro atoms. The largest absolute Gasteiger partial charge is 0.353 e. The molecule has 0 radical (unpaired) electrons. The van der Waals surface area contributed by atoms with Crippen LogP contribution in [0.25, 0.3) is 11.4 Å². The van der Waals surface area contributed by atoms with E-state index in [4.69, 9.17) is 4.52 Å². The van der Waals surface area contributed by atoms with Crippen molar-refractivity contribution in [2.75, 3.05) is 44.7 Å². The topological polar surface area (TPSA) is 104 Å². The van der Waals surface area contributed by atoms with Gasteiger partial charge in [0.15, 0.2) is 0 Å². The minimum Gasteiger partial charge on any atom is -0.353 e. The fourth-order valence-electron chi connectivity index (χ4n) is 4.72. The summed E-state index contributed by atoms with van der Waals surface area (Å²) in [4.78, 5) is 34.4. The highest BCUT2D eigenvalue weighted by Gasteiger charge is 2.29. The number of nitrogens with one attached hydrogen (secondary N) is 2. The van der Waals surface area contributed by atoms with Crippen LogP contribution in [0.2, 0.25) is 0 Å². The molecule has 9 nitrogen and oxygen atoms in total. The highest BCUT2D eigenvalue weighted by Crippen LogP contribution is 2.28. The van der Waals surface area contributed by atoms with Gasteiger partial charge in [-0.25, -0.2) is 0 Å². The summed E-state index contributed by atoms with van der Waals surface area (Å²) < 4.78 is 5.15. The molecule has 4 rings (SSSR count). The Hall–Kier alpha value is -3.43. The maximum absolute atomic E-state index is 13.5. The van der Waals surface area contributed by atoms with Crippen molar-refractivity contribution in [2.24, 2.45) is 0 Å². The number of hydrogen-bond donors (Lipinski definition) is 2. The molecule has 38 heavy (non-hydrogen) atoms. The van der Waals surface area contributed by atoms with Crippen LogP contribution in [-0.4, -0.2) is 72.7 Å². The summed E-state index contributed by atoms with van der Waals surface area (Å²) in [6.07, 6.45) is 1.68. The van der Waals surface area contributed by atoms with Crippen molar-refractivity contribution in [3.63, 3.8) is 0 Å². The minimum atomic E-state index is -0.137. The summed E-state index contributed by atoms with van der Waals surface area (Å²) >= 11 is 0. The first-order valence-corrected chi connectivity index (χ1v) is 12.8. The SMILES string of the molecule is CCNCCNC(=O)CN(CC(=O)N(C)C1Cc2ccccc2C1)c1cc(-c2noc(C)n2)ccc1C.Cl. The van der Waals surface area contributed by atoms with Crippen molar-refractivity contribution in [3.05, 3.63) is 65.0 Å². The third-order valence-corrected chi connectivity index (χ3v) is 6.84. The maximum atomic E-state index is 13.5. The molecular formula is C28H37ClN6O3. The van der Waals surface area contributed by atoms with Crippen LogP contribution in [0.5, 0.6) is 0 Å². The van der Waals surface area contributed by atoms with Crippen molar-refractivity contribution < 1.29 is 14.1 Å². The second-order valence-electron chi connectivity index (χ2n) is 9.53. The van der Waals surface area contributed by atoms with Gasteiger partial charge in [-0.05, 0) is 49.1 Å². The molecule has 0 unspecified atom stereocenters. The molecule has 3 aromatic rings. The number of halogens is 1. The van der Waals surface area contributed by atoms with E-state index in [-0.39, 0.29) is 43.4 Å². The van der Waals surface area contributed by atoms with Gasteiger partial charge in [0, 0.05) is 44.4 Å². The molecule has 0 aliphatic heterocycles. The smallest absolute Gasteiger partial charge is 0.242 e. The standard InChI is InChI=1S/C28H36N6O3.ClH/c1-5-29-12-13-30-26(35)17-34(25-16-23(11-10-19(25)2)28-31-20(3)37-32-28)18-27(36)33(4)24-14-21-8-6-7-9-22(21)15-24;/h6-11,16,24,29H,5,12-15,17-18H2,1-4H3,(H,30,35);1H. The van der Waals surface area contributed by atoms with Crippen molar-refractivity contribution in [1.82, 2.24) is 25.7 Å². The third kappa shape index (κ3) is 7.11. The molecule has 1 heterocycles. The average Bonchev–Trinajstić information content (AvgIpc) is 3.52. The van der Waals surface area contributed by atoms with Crippen molar-refractivity contribution in [2.45, 2.75) is 39.7 Å². The van der Waals surface area contributed by atoms with Crippen LogP contribution in [0.3, 0.4) is 0 Å². The normalized spacial score (nSPS) is 12.5. The Labute approximate surface area is 230 Å². The summed E-state index contributed by atoms with van der Waals surface area (Å²) in [5.74, 6) is 0.782. The number of likely N-dealkylation sites (N-methyl/N-ethyl adjacent to an activating group) is 2. The molecule has 0 saturated heterocycles. The summed E-state index contributed by atoms with van der Waals surface area (Å²) in [7, 11) is 1.86. The van der Waals surface area contributed by atoms with E-state index in [0.717, 1.165) is 36.2 Å². The highest BCUT2D eigenvalue weighted by molar-refractivity contribution is 5.87. The summed E-state index contributed by atoms with van der Waals surface area (Å²) in [6, 6.07) is 14.2. The molecule has 2 amide bonds. The molecule has 0 atom stereocenters. The van der Waals surface area contributed by atoms with Crippen molar-refractivity contribution >= 4 is 29.9 Å². The predicted octanol–water partition coefficient (Wildman–Crippen LogP) is 2.93. The molecule has 2 N–H and O–H groups in total. The summed E-state index contributed by atoms with van der Waals surface area (Å²) in [6.45, 7) is 7.94. The van der Waals surface area contributed by atoms with Gasteiger partial charge in [0.05, 0.1) is 13.1 Å². The Morgan fingerprint density at radius 3 is 2.39 bits per heavy atom. The van der Waals surface area contributed by atoms with Crippen LogP contribution in [0.1, 0.15) is 29.5 Å². The van der Waals surface area contributed by atoms with E-state index in [1.807, 2.05) is 61.0 Å². The Morgan fingerprint density at radius 2 is 1.76 bits per heavy atom. The van der Waals surface area contributed by atoms with Gasteiger partial charge in [-0.2, -0.15) is 4.98 Å².